The van der Waals surface area contributed by atoms with Crippen molar-refractivity contribution in [2.24, 2.45) is 11.1 Å². The van der Waals surface area contributed by atoms with Gasteiger partial charge < -0.3 is 5.73 Å². The lowest BCUT2D eigenvalue weighted by Gasteiger charge is -2.26. The van der Waals surface area contributed by atoms with Gasteiger partial charge in [-0.15, -0.1) is 11.6 Å². The average Bonchev–Trinajstić information content (AvgIpc) is 1.95. The summed E-state index contributed by atoms with van der Waals surface area (Å²) in [6, 6.07) is 0. The summed E-state index contributed by atoms with van der Waals surface area (Å²) in [5.41, 5.74) is 4.14. The number of alkyl halides is 1. The van der Waals surface area contributed by atoms with Crippen LogP contribution < -0.4 is 5.73 Å². The van der Waals surface area contributed by atoms with E-state index in [2.05, 4.69) is 6.92 Å². The zero-order valence-electron chi connectivity index (χ0n) is 5.96. The molecular formula is C8H9ClNO. The van der Waals surface area contributed by atoms with Crippen LogP contribution in [0.25, 0.3) is 0 Å². The number of primary amides is 1. The fraction of sp³-hybridized carbons (Fsp3) is 0.250. The van der Waals surface area contributed by atoms with Crippen LogP contribution in [0.1, 0.15) is 0 Å². The van der Waals surface area contributed by atoms with Crippen LogP contribution in [0.5, 0.6) is 0 Å². The van der Waals surface area contributed by atoms with Crippen LogP contribution in [0.3, 0.4) is 0 Å². The lowest BCUT2D eigenvalue weighted by molar-refractivity contribution is -0.123. The Balaban J connectivity index is 2.94. The van der Waals surface area contributed by atoms with Gasteiger partial charge in [0.05, 0.1) is 10.8 Å². The molecule has 2 N–H and O–H groups in total. The number of rotatable bonds is 1. The molecule has 0 fully saturated rings. The van der Waals surface area contributed by atoms with Crippen LogP contribution in [-0.4, -0.2) is 11.3 Å². The molecule has 0 saturated heterocycles. The molecule has 2 unspecified atom stereocenters. The molecule has 0 aromatic rings. The van der Waals surface area contributed by atoms with E-state index < -0.39 is 16.7 Å². The van der Waals surface area contributed by atoms with Crippen LogP contribution in [0.2, 0.25) is 0 Å². The number of nitrogens with two attached hydrogens (primary N) is 1. The average molecular weight is 171 g/mol. The first-order valence-electron chi connectivity index (χ1n) is 3.23. The summed E-state index contributed by atoms with van der Waals surface area (Å²) < 4.78 is 0. The Morgan fingerprint density at radius 1 is 1.64 bits per heavy atom. The Kier molecular flexibility index (Phi) is 2.05. The topological polar surface area (TPSA) is 43.1 Å². The van der Waals surface area contributed by atoms with E-state index in [1.54, 1.807) is 24.3 Å². The molecule has 0 aliphatic heterocycles. The second-order valence-corrected chi connectivity index (χ2v) is 3.02. The van der Waals surface area contributed by atoms with Crippen molar-refractivity contribution in [2.75, 3.05) is 0 Å². The lowest BCUT2D eigenvalue weighted by Crippen LogP contribution is -2.40. The van der Waals surface area contributed by atoms with Crippen molar-refractivity contribution < 1.29 is 4.79 Å². The van der Waals surface area contributed by atoms with Gasteiger partial charge in [-0.25, -0.2) is 0 Å². The third kappa shape index (κ3) is 1.31. The zero-order valence-corrected chi connectivity index (χ0v) is 6.71. The summed E-state index contributed by atoms with van der Waals surface area (Å²) in [4.78, 5) is 10.9. The van der Waals surface area contributed by atoms with E-state index in [9.17, 15) is 4.79 Å². The van der Waals surface area contributed by atoms with Gasteiger partial charge in [0.1, 0.15) is 0 Å². The van der Waals surface area contributed by atoms with Gasteiger partial charge >= 0.3 is 0 Å². The Morgan fingerprint density at radius 2 is 2.27 bits per heavy atom. The minimum Gasteiger partial charge on any atom is -0.369 e. The summed E-state index contributed by atoms with van der Waals surface area (Å²) in [5, 5.41) is -0.440. The highest BCUT2D eigenvalue weighted by molar-refractivity contribution is 6.24. The summed E-state index contributed by atoms with van der Waals surface area (Å²) in [7, 11) is 0. The molecule has 1 aliphatic carbocycles. The number of hydrogen-bond acceptors (Lipinski definition) is 1. The van der Waals surface area contributed by atoms with E-state index in [1.165, 1.54) is 0 Å². The molecular weight excluding hydrogens is 162 g/mol. The first-order valence-corrected chi connectivity index (χ1v) is 3.66. The highest BCUT2D eigenvalue weighted by Gasteiger charge is 2.35. The maximum Gasteiger partial charge on any atom is 0.229 e. The number of halogens is 1. The molecule has 1 rings (SSSR count). The van der Waals surface area contributed by atoms with Gasteiger partial charge in [-0.1, -0.05) is 24.3 Å². The van der Waals surface area contributed by atoms with E-state index in [-0.39, 0.29) is 0 Å². The number of allylic oxidation sites excluding steroid dienone is 3. The molecule has 1 amide bonds. The number of carbonyl (C=O) groups excluding carboxylic acids is 1. The van der Waals surface area contributed by atoms with Crippen molar-refractivity contribution in [3.05, 3.63) is 31.2 Å². The van der Waals surface area contributed by atoms with Crippen molar-refractivity contribution in [1.29, 1.82) is 0 Å². The Labute approximate surface area is 70.7 Å². The second kappa shape index (κ2) is 2.70. The molecule has 2 atom stereocenters. The number of amides is 1. The Hall–Kier alpha value is -0.760. The monoisotopic (exact) mass is 170 g/mol. The first kappa shape index (κ1) is 8.34. The van der Waals surface area contributed by atoms with E-state index >= 15 is 0 Å². The molecule has 0 saturated carbocycles. The normalized spacial score (nSPS) is 35.6. The number of hydrogen-bond donors (Lipinski definition) is 1. The minimum atomic E-state index is -0.976. The molecule has 0 heterocycles. The van der Waals surface area contributed by atoms with E-state index in [0.717, 1.165) is 0 Å². The van der Waals surface area contributed by atoms with Gasteiger partial charge in [0, 0.05) is 0 Å². The quantitative estimate of drug-likeness (QED) is 0.587. The molecule has 11 heavy (non-hydrogen) atoms. The van der Waals surface area contributed by atoms with Crippen LogP contribution in [0.4, 0.5) is 0 Å². The highest BCUT2D eigenvalue weighted by atomic mass is 35.5. The van der Waals surface area contributed by atoms with Crippen molar-refractivity contribution in [1.82, 2.24) is 0 Å². The zero-order chi connectivity index (χ0) is 8.48. The predicted molar refractivity (Wildman–Crippen MR) is 44.9 cm³/mol. The molecule has 59 valence electrons. The maximum atomic E-state index is 10.9. The molecule has 0 spiro atoms. The molecule has 0 bridgehead atoms. The first-order chi connectivity index (χ1) is 5.07. The molecule has 0 aromatic carbocycles. The van der Waals surface area contributed by atoms with Gasteiger partial charge in [0.25, 0.3) is 0 Å². The molecule has 3 heteroatoms. The summed E-state index contributed by atoms with van der Waals surface area (Å²) in [5.74, 6) is -0.502. The van der Waals surface area contributed by atoms with Crippen molar-refractivity contribution in [2.45, 2.75) is 5.38 Å². The smallest absolute Gasteiger partial charge is 0.229 e. The summed E-state index contributed by atoms with van der Waals surface area (Å²) >= 11 is 5.82. The summed E-state index contributed by atoms with van der Waals surface area (Å²) in [6.07, 6.45) is 6.80. The maximum absolute atomic E-state index is 10.9. The van der Waals surface area contributed by atoms with Crippen LogP contribution >= 0.6 is 11.6 Å². The third-order valence-corrected chi connectivity index (χ3v) is 2.27. The Morgan fingerprint density at radius 3 is 2.64 bits per heavy atom. The third-order valence-electron chi connectivity index (χ3n) is 1.74. The van der Waals surface area contributed by atoms with E-state index in [1.807, 2.05) is 0 Å². The van der Waals surface area contributed by atoms with E-state index in [0.29, 0.717) is 0 Å². The van der Waals surface area contributed by atoms with Crippen LogP contribution in [0, 0.1) is 12.3 Å². The van der Waals surface area contributed by atoms with Gasteiger partial charge in [-0.3, -0.25) is 4.79 Å². The molecule has 1 radical (unpaired) electrons. The number of carbonyl (C=O) groups is 1. The predicted octanol–water partition coefficient (Wildman–Crippen LogP) is 1.03. The molecule has 2 nitrogen and oxygen atoms in total. The van der Waals surface area contributed by atoms with E-state index in [4.69, 9.17) is 17.3 Å². The van der Waals surface area contributed by atoms with Gasteiger partial charge in [0.15, 0.2) is 0 Å². The van der Waals surface area contributed by atoms with Crippen molar-refractivity contribution in [3.63, 3.8) is 0 Å². The van der Waals surface area contributed by atoms with Crippen LogP contribution in [0.15, 0.2) is 24.3 Å². The second-order valence-electron chi connectivity index (χ2n) is 2.55. The Bertz CT molecular complexity index is 234. The fourth-order valence-corrected chi connectivity index (χ4v) is 1.13. The highest BCUT2D eigenvalue weighted by Crippen LogP contribution is 2.30. The molecule has 0 aromatic heterocycles. The molecule has 1 aliphatic rings. The standard InChI is InChI=1S/C8H9ClNO/c1-8(7(10)11)5-3-2-4-6(8)9/h2-6H,1H2,(H2,10,11). The van der Waals surface area contributed by atoms with Gasteiger partial charge in [-0.05, 0) is 6.92 Å². The summed E-state index contributed by atoms with van der Waals surface area (Å²) in [6.45, 7) is 3.66. The van der Waals surface area contributed by atoms with Gasteiger partial charge in [-0.2, -0.15) is 0 Å². The lowest BCUT2D eigenvalue weighted by atomic mass is 9.83. The largest absolute Gasteiger partial charge is 0.369 e. The van der Waals surface area contributed by atoms with Crippen molar-refractivity contribution >= 4 is 17.5 Å². The minimum absolute atomic E-state index is 0.440. The van der Waals surface area contributed by atoms with Crippen LogP contribution in [-0.2, 0) is 4.79 Å². The van der Waals surface area contributed by atoms with Gasteiger partial charge in [0.2, 0.25) is 5.91 Å². The SMILES string of the molecule is [CH2]C1(C(N)=O)C=CC=CC1Cl. The van der Waals surface area contributed by atoms with Crippen molar-refractivity contribution in [3.8, 4) is 0 Å². The fourth-order valence-electron chi connectivity index (χ4n) is 0.871.